The van der Waals surface area contributed by atoms with Crippen molar-refractivity contribution in [1.82, 2.24) is 15.3 Å². The maximum atomic E-state index is 12.5. The van der Waals surface area contributed by atoms with Gasteiger partial charge in [0.2, 0.25) is 5.91 Å². The van der Waals surface area contributed by atoms with Crippen molar-refractivity contribution in [3.05, 3.63) is 26.6 Å². The molecule has 1 unspecified atom stereocenters. The van der Waals surface area contributed by atoms with Crippen LogP contribution in [0.3, 0.4) is 0 Å². The predicted octanol–water partition coefficient (Wildman–Crippen LogP) is 1.90. The minimum absolute atomic E-state index is 0.0148. The second-order valence-corrected chi connectivity index (χ2v) is 7.97. The number of amides is 1. The minimum Gasteiger partial charge on any atom is -0.356 e. The number of aromatic nitrogens is 2. The number of fused-ring (bicyclic) bond motifs is 3. The second kappa shape index (κ2) is 8.10. The van der Waals surface area contributed by atoms with E-state index in [2.05, 4.69) is 22.2 Å². The summed E-state index contributed by atoms with van der Waals surface area (Å²) in [7, 11) is 0. The van der Waals surface area contributed by atoms with E-state index in [1.807, 2.05) is 0 Å². The maximum Gasteiger partial charge on any atom is 0.259 e. The molecule has 2 heterocycles. The van der Waals surface area contributed by atoms with E-state index in [-0.39, 0.29) is 11.5 Å². The Morgan fingerprint density at radius 1 is 1.44 bits per heavy atom. The molecule has 1 aliphatic rings. The molecule has 0 bridgehead atoms. The van der Waals surface area contributed by atoms with Crippen molar-refractivity contribution in [2.75, 3.05) is 13.1 Å². The zero-order chi connectivity index (χ0) is 17.8. The van der Waals surface area contributed by atoms with Crippen molar-refractivity contribution in [3.8, 4) is 0 Å². The van der Waals surface area contributed by atoms with Gasteiger partial charge in [-0.25, -0.2) is 4.98 Å². The first kappa shape index (κ1) is 18.1. The third-order valence-corrected chi connectivity index (χ3v) is 5.90. The summed E-state index contributed by atoms with van der Waals surface area (Å²) in [5, 5.41) is 3.64. The molecule has 0 fully saturated rings. The fourth-order valence-corrected chi connectivity index (χ4v) is 4.73. The van der Waals surface area contributed by atoms with Gasteiger partial charge in [-0.15, -0.1) is 11.3 Å². The zero-order valence-corrected chi connectivity index (χ0v) is 15.5. The molecule has 1 amide bonds. The second-order valence-electron chi connectivity index (χ2n) is 6.89. The van der Waals surface area contributed by atoms with Gasteiger partial charge in [-0.2, -0.15) is 0 Å². The molecule has 7 heteroatoms. The summed E-state index contributed by atoms with van der Waals surface area (Å²) in [5.74, 6) is 1.25. The van der Waals surface area contributed by atoms with E-state index in [0.29, 0.717) is 37.7 Å². The summed E-state index contributed by atoms with van der Waals surface area (Å²) in [6.45, 7) is 3.54. The Labute approximate surface area is 151 Å². The number of nitrogens with one attached hydrogen (secondary N) is 2. The van der Waals surface area contributed by atoms with Gasteiger partial charge in [0.1, 0.15) is 10.7 Å². The average molecular weight is 362 g/mol. The number of nitrogens with zero attached hydrogens (tertiary/aromatic N) is 1. The van der Waals surface area contributed by atoms with Crippen LogP contribution in [0.2, 0.25) is 0 Å². The SMILES string of the molecule is CC1CCc2c(sc3nc(CCC(=O)NCCCCN)[nH]c(=O)c23)C1. The van der Waals surface area contributed by atoms with Crippen molar-refractivity contribution in [1.29, 1.82) is 0 Å². The van der Waals surface area contributed by atoms with Gasteiger partial charge in [-0.1, -0.05) is 6.92 Å². The fraction of sp³-hybridized carbons (Fsp3) is 0.611. The van der Waals surface area contributed by atoms with Crippen LogP contribution in [0.5, 0.6) is 0 Å². The van der Waals surface area contributed by atoms with Crippen molar-refractivity contribution >= 4 is 27.5 Å². The number of unbranched alkanes of at least 4 members (excludes halogenated alkanes) is 1. The lowest BCUT2D eigenvalue weighted by Gasteiger charge is -2.17. The molecular formula is C18H26N4O2S. The molecular weight excluding hydrogens is 336 g/mol. The Kier molecular flexibility index (Phi) is 5.86. The topological polar surface area (TPSA) is 101 Å². The number of aromatic amines is 1. The molecule has 0 radical (unpaired) electrons. The first-order valence-electron chi connectivity index (χ1n) is 9.08. The zero-order valence-electron chi connectivity index (χ0n) is 14.7. The molecule has 2 aromatic rings. The van der Waals surface area contributed by atoms with E-state index in [4.69, 9.17) is 5.73 Å². The molecule has 25 heavy (non-hydrogen) atoms. The molecule has 0 spiro atoms. The van der Waals surface area contributed by atoms with Crippen LogP contribution in [0, 0.1) is 5.92 Å². The van der Waals surface area contributed by atoms with E-state index in [0.717, 1.165) is 42.3 Å². The maximum absolute atomic E-state index is 12.5. The number of carbonyl (C=O) groups is 1. The summed E-state index contributed by atoms with van der Waals surface area (Å²) >= 11 is 1.64. The first-order valence-corrected chi connectivity index (χ1v) is 9.90. The number of nitrogens with two attached hydrogens (primary N) is 1. The number of H-pyrrole nitrogens is 1. The highest BCUT2D eigenvalue weighted by Crippen LogP contribution is 2.35. The average Bonchev–Trinajstić information content (AvgIpc) is 2.94. The Hall–Kier alpha value is -1.73. The van der Waals surface area contributed by atoms with E-state index in [1.54, 1.807) is 11.3 Å². The summed E-state index contributed by atoms with van der Waals surface area (Å²) < 4.78 is 0. The van der Waals surface area contributed by atoms with Crippen LogP contribution in [0.1, 0.15) is 48.9 Å². The van der Waals surface area contributed by atoms with E-state index in [9.17, 15) is 9.59 Å². The Balaban J connectivity index is 1.67. The summed E-state index contributed by atoms with van der Waals surface area (Å²) in [6.07, 6.45) is 5.72. The molecule has 0 aliphatic heterocycles. The van der Waals surface area contributed by atoms with Crippen molar-refractivity contribution in [2.45, 2.75) is 51.9 Å². The van der Waals surface area contributed by atoms with Crippen LogP contribution >= 0.6 is 11.3 Å². The monoisotopic (exact) mass is 362 g/mol. The number of hydrogen-bond donors (Lipinski definition) is 3. The van der Waals surface area contributed by atoms with Gasteiger partial charge >= 0.3 is 0 Å². The molecule has 3 rings (SSSR count). The molecule has 1 aliphatic carbocycles. The van der Waals surface area contributed by atoms with Crippen molar-refractivity contribution in [2.24, 2.45) is 11.7 Å². The van der Waals surface area contributed by atoms with Crippen LogP contribution in [0.15, 0.2) is 4.79 Å². The fourth-order valence-electron chi connectivity index (χ4n) is 3.33. The number of rotatable bonds is 7. The van der Waals surface area contributed by atoms with Crippen molar-refractivity contribution in [3.63, 3.8) is 0 Å². The molecule has 2 aromatic heterocycles. The van der Waals surface area contributed by atoms with Gasteiger partial charge < -0.3 is 16.0 Å². The van der Waals surface area contributed by atoms with Gasteiger partial charge in [-0.05, 0) is 50.1 Å². The smallest absolute Gasteiger partial charge is 0.259 e. The normalized spacial score (nSPS) is 16.8. The number of thiophene rings is 1. The van der Waals surface area contributed by atoms with Gasteiger partial charge in [0.05, 0.1) is 5.39 Å². The lowest BCUT2D eigenvalue weighted by Crippen LogP contribution is -2.25. The molecule has 0 aromatic carbocycles. The highest BCUT2D eigenvalue weighted by molar-refractivity contribution is 7.18. The highest BCUT2D eigenvalue weighted by Gasteiger charge is 2.23. The summed E-state index contributed by atoms with van der Waals surface area (Å²) in [6, 6.07) is 0. The standard InChI is InChI=1S/C18H26N4O2S/c1-11-4-5-12-13(10-11)25-18-16(12)17(24)21-14(22-18)6-7-15(23)20-9-3-2-8-19/h11H,2-10,19H2,1H3,(H,20,23)(H,21,22,24). The predicted molar refractivity (Wildman–Crippen MR) is 101 cm³/mol. The number of hydrogen-bond acceptors (Lipinski definition) is 5. The third-order valence-electron chi connectivity index (χ3n) is 4.76. The van der Waals surface area contributed by atoms with Crippen molar-refractivity contribution < 1.29 is 4.79 Å². The van der Waals surface area contributed by atoms with Gasteiger partial charge in [0.15, 0.2) is 0 Å². The van der Waals surface area contributed by atoms with Gasteiger partial charge in [0, 0.05) is 24.3 Å². The Morgan fingerprint density at radius 3 is 3.08 bits per heavy atom. The largest absolute Gasteiger partial charge is 0.356 e. The molecule has 4 N–H and O–H groups in total. The quantitative estimate of drug-likeness (QED) is 0.655. The lowest BCUT2D eigenvalue weighted by atomic mass is 9.89. The van der Waals surface area contributed by atoms with Crippen LogP contribution in [0.4, 0.5) is 0 Å². The highest BCUT2D eigenvalue weighted by atomic mass is 32.1. The molecule has 0 saturated carbocycles. The van der Waals surface area contributed by atoms with Gasteiger partial charge in [0.25, 0.3) is 5.56 Å². The van der Waals surface area contributed by atoms with Crippen LogP contribution in [-0.2, 0) is 24.1 Å². The van der Waals surface area contributed by atoms with E-state index >= 15 is 0 Å². The van der Waals surface area contributed by atoms with Crippen LogP contribution < -0.4 is 16.6 Å². The molecule has 136 valence electrons. The lowest BCUT2D eigenvalue weighted by molar-refractivity contribution is -0.121. The third kappa shape index (κ3) is 4.27. The molecule has 1 atom stereocenters. The Bertz CT molecular complexity index is 811. The molecule has 0 saturated heterocycles. The van der Waals surface area contributed by atoms with E-state index in [1.165, 1.54) is 10.4 Å². The van der Waals surface area contributed by atoms with Crippen LogP contribution in [0.25, 0.3) is 10.2 Å². The Morgan fingerprint density at radius 2 is 2.28 bits per heavy atom. The van der Waals surface area contributed by atoms with Crippen LogP contribution in [-0.4, -0.2) is 29.0 Å². The summed E-state index contributed by atoms with van der Waals surface area (Å²) in [5.41, 5.74) is 6.56. The molecule has 6 nitrogen and oxygen atoms in total. The first-order chi connectivity index (χ1) is 12.1. The number of carbonyl (C=O) groups excluding carboxylic acids is 1. The minimum atomic E-state index is -0.0598. The van der Waals surface area contributed by atoms with Gasteiger partial charge in [-0.3, -0.25) is 9.59 Å². The summed E-state index contributed by atoms with van der Waals surface area (Å²) in [4.78, 5) is 34.0. The number of aryl methyl sites for hydroxylation is 2. The van der Waals surface area contributed by atoms with E-state index < -0.39 is 0 Å².